The van der Waals surface area contributed by atoms with Gasteiger partial charge in [-0.25, -0.2) is 0 Å². The van der Waals surface area contributed by atoms with E-state index in [0.29, 0.717) is 5.76 Å². The summed E-state index contributed by atoms with van der Waals surface area (Å²) in [5, 5.41) is 4.97. The summed E-state index contributed by atoms with van der Waals surface area (Å²) in [7, 11) is 1.69. The number of piperidine rings is 1. The quantitative estimate of drug-likeness (QED) is 0.738. The molecule has 29 heavy (non-hydrogen) atoms. The van der Waals surface area contributed by atoms with Crippen LogP contribution in [0.25, 0.3) is 10.9 Å². The molecule has 2 N–H and O–H groups in total. The molecule has 2 aliphatic rings. The van der Waals surface area contributed by atoms with Gasteiger partial charge in [0.15, 0.2) is 0 Å². The molecule has 156 valence electrons. The van der Waals surface area contributed by atoms with Crippen LogP contribution in [0.3, 0.4) is 0 Å². The molecule has 1 aromatic carbocycles. The van der Waals surface area contributed by atoms with Crippen molar-refractivity contribution < 1.29 is 19.0 Å². The van der Waals surface area contributed by atoms with E-state index in [1.54, 1.807) is 13.4 Å². The molecule has 4 atom stereocenters. The van der Waals surface area contributed by atoms with E-state index in [1.165, 1.54) is 23.6 Å². The van der Waals surface area contributed by atoms with E-state index >= 15 is 0 Å². The van der Waals surface area contributed by atoms with Crippen LogP contribution >= 0.6 is 0 Å². The van der Waals surface area contributed by atoms with E-state index in [9.17, 15) is 4.79 Å². The minimum absolute atomic E-state index is 0.0924. The van der Waals surface area contributed by atoms with Gasteiger partial charge in [0.1, 0.15) is 17.8 Å². The first-order valence-electron chi connectivity index (χ1n) is 10.5. The number of aryl methyl sites for hydroxylation is 1. The zero-order chi connectivity index (χ0) is 20.5. The summed E-state index contributed by atoms with van der Waals surface area (Å²) < 4.78 is 16.6. The second-order valence-corrected chi connectivity index (χ2v) is 8.10. The highest BCUT2D eigenvalue weighted by atomic mass is 16.6. The standard InChI is InChI=1S/C23H30N2O4/c1-5-6-17-16-8-7-15(27-4)9-20(16)25-23(17)21-10-18-19(11-24-21)13(2)28-12-22(18)29-14(3)26/h7-9,12-13,18-19,21,24-25H,5-6,10-11H2,1-4H3/t13-,18-,19+,21-/m1/s1. The molecule has 2 aliphatic heterocycles. The molecule has 0 amide bonds. The van der Waals surface area contributed by atoms with Crippen molar-refractivity contribution in [2.45, 2.75) is 52.2 Å². The Morgan fingerprint density at radius 3 is 2.90 bits per heavy atom. The van der Waals surface area contributed by atoms with E-state index in [4.69, 9.17) is 14.2 Å². The van der Waals surface area contributed by atoms with Gasteiger partial charge in [-0.15, -0.1) is 0 Å². The third-order valence-electron chi connectivity index (χ3n) is 6.23. The third kappa shape index (κ3) is 3.73. The number of allylic oxidation sites excluding steroid dienone is 1. The number of H-pyrrole nitrogens is 1. The first-order valence-corrected chi connectivity index (χ1v) is 10.5. The van der Waals surface area contributed by atoms with Gasteiger partial charge in [-0.3, -0.25) is 4.79 Å². The zero-order valence-electron chi connectivity index (χ0n) is 17.6. The Hall–Kier alpha value is -2.47. The maximum absolute atomic E-state index is 11.6. The zero-order valence-corrected chi connectivity index (χ0v) is 17.6. The summed E-state index contributed by atoms with van der Waals surface area (Å²) in [6.45, 7) is 6.55. The fourth-order valence-electron chi connectivity index (χ4n) is 4.80. The molecule has 6 nitrogen and oxygen atoms in total. The van der Waals surface area contributed by atoms with Gasteiger partial charge in [0.05, 0.1) is 13.2 Å². The molecule has 4 rings (SSSR count). The van der Waals surface area contributed by atoms with Crippen LogP contribution < -0.4 is 10.1 Å². The summed E-state index contributed by atoms with van der Waals surface area (Å²) in [5.74, 6) is 1.65. The maximum Gasteiger partial charge on any atom is 0.307 e. The third-order valence-corrected chi connectivity index (χ3v) is 6.23. The lowest BCUT2D eigenvalue weighted by atomic mass is 9.77. The second kappa shape index (κ2) is 8.11. The van der Waals surface area contributed by atoms with Crippen LogP contribution in [0.5, 0.6) is 5.75 Å². The van der Waals surface area contributed by atoms with Crippen LogP contribution in [-0.2, 0) is 20.7 Å². The molecule has 1 saturated heterocycles. The molecule has 0 unspecified atom stereocenters. The number of hydrogen-bond donors (Lipinski definition) is 2. The summed E-state index contributed by atoms with van der Waals surface area (Å²) in [6, 6.07) is 6.39. The Bertz CT molecular complexity index is 932. The van der Waals surface area contributed by atoms with Crippen molar-refractivity contribution in [2.75, 3.05) is 13.7 Å². The number of aromatic nitrogens is 1. The van der Waals surface area contributed by atoms with E-state index in [2.05, 4.69) is 36.3 Å². The van der Waals surface area contributed by atoms with Crippen molar-refractivity contribution in [3.8, 4) is 5.75 Å². The number of methoxy groups -OCH3 is 1. The predicted octanol–water partition coefficient (Wildman–Crippen LogP) is 4.22. The molecule has 0 bridgehead atoms. The monoisotopic (exact) mass is 398 g/mol. The van der Waals surface area contributed by atoms with Gasteiger partial charge < -0.3 is 24.5 Å². The largest absolute Gasteiger partial charge is 0.497 e. The second-order valence-electron chi connectivity index (χ2n) is 8.10. The van der Waals surface area contributed by atoms with Gasteiger partial charge in [-0.2, -0.15) is 0 Å². The maximum atomic E-state index is 11.6. The average Bonchev–Trinajstić information content (AvgIpc) is 3.07. The number of benzene rings is 1. The lowest BCUT2D eigenvalue weighted by molar-refractivity contribution is -0.140. The molecular weight excluding hydrogens is 368 g/mol. The van der Waals surface area contributed by atoms with E-state index in [1.807, 2.05) is 6.07 Å². The Morgan fingerprint density at radius 1 is 1.34 bits per heavy atom. The van der Waals surface area contributed by atoms with Crippen LogP contribution in [0.4, 0.5) is 0 Å². The van der Waals surface area contributed by atoms with Crippen LogP contribution in [-0.4, -0.2) is 30.7 Å². The first-order chi connectivity index (χ1) is 14.0. The van der Waals surface area contributed by atoms with Crippen molar-refractivity contribution in [3.05, 3.63) is 41.5 Å². The van der Waals surface area contributed by atoms with Crippen LogP contribution in [0, 0.1) is 11.8 Å². The first kappa shape index (κ1) is 19.8. The van der Waals surface area contributed by atoms with Crippen molar-refractivity contribution in [3.63, 3.8) is 0 Å². The number of rotatable bonds is 5. The summed E-state index contributed by atoms with van der Waals surface area (Å²) >= 11 is 0. The number of nitrogens with one attached hydrogen (secondary N) is 2. The average molecular weight is 399 g/mol. The summed E-state index contributed by atoms with van der Waals surface area (Å²) in [5.41, 5.74) is 3.69. The lowest BCUT2D eigenvalue weighted by Gasteiger charge is -2.42. The Labute approximate surface area is 171 Å². The van der Waals surface area contributed by atoms with Crippen LogP contribution in [0.15, 0.2) is 30.2 Å². The van der Waals surface area contributed by atoms with Crippen LogP contribution in [0.2, 0.25) is 0 Å². The van der Waals surface area contributed by atoms with Gasteiger partial charge in [0.2, 0.25) is 0 Å². The molecule has 3 heterocycles. The van der Waals surface area contributed by atoms with Crippen molar-refractivity contribution in [1.29, 1.82) is 0 Å². The lowest BCUT2D eigenvalue weighted by Crippen LogP contribution is -2.47. The summed E-state index contributed by atoms with van der Waals surface area (Å²) in [4.78, 5) is 15.2. The van der Waals surface area contributed by atoms with Crippen molar-refractivity contribution in [1.82, 2.24) is 10.3 Å². The molecular formula is C23H30N2O4. The highest BCUT2D eigenvalue weighted by Gasteiger charge is 2.41. The van der Waals surface area contributed by atoms with Gasteiger partial charge in [0.25, 0.3) is 0 Å². The number of hydrogen-bond acceptors (Lipinski definition) is 5. The highest BCUT2D eigenvalue weighted by Crippen LogP contribution is 2.42. The fourth-order valence-corrected chi connectivity index (χ4v) is 4.80. The summed E-state index contributed by atoms with van der Waals surface area (Å²) in [6.07, 6.45) is 4.68. The fraction of sp³-hybridized carbons (Fsp3) is 0.522. The number of carbonyl (C=O) groups is 1. The van der Waals surface area contributed by atoms with Crippen molar-refractivity contribution >= 4 is 16.9 Å². The molecule has 0 saturated carbocycles. The Balaban J connectivity index is 1.69. The van der Waals surface area contributed by atoms with Crippen molar-refractivity contribution in [2.24, 2.45) is 11.8 Å². The molecule has 0 aliphatic carbocycles. The van der Waals surface area contributed by atoms with Gasteiger partial charge in [-0.05, 0) is 37.5 Å². The molecule has 1 fully saturated rings. The topological polar surface area (TPSA) is 72.6 Å². The smallest absolute Gasteiger partial charge is 0.307 e. The Morgan fingerprint density at radius 2 is 2.17 bits per heavy atom. The minimum atomic E-state index is -0.299. The number of aromatic amines is 1. The molecule has 2 aromatic rings. The van der Waals surface area contributed by atoms with E-state index in [-0.39, 0.29) is 30.0 Å². The highest BCUT2D eigenvalue weighted by molar-refractivity contribution is 5.86. The predicted molar refractivity (Wildman–Crippen MR) is 112 cm³/mol. The number of carbonyl (C=O) groups excluding carboxylic acids is 1. The van der Waals surface area contributed by atoms with E-state index < -0.39 is 0 Å². The molecule has 0 radical (unpaired) electrons. The van der Waals surface area contributed by atoms with E-state index in [0.717, 1.165) is 37.1 Å². The minimum Gasteiger partial charge on any atom is -0.497 e. The number of fused-ring (bicyclic) bond motifs is 2. The Kier molecular flexibility index (Phi) is 5.54. The molecule has 1 aromatic heterocycles. The van der Waals surface area contributed by atoms with Gasteiger partial charge in [0, 0.05) is 54.0 Å². The van der Waals surface area contributed by atoms with Crippen LogP contribution in [0.1, 0.15) is 50.9 Å². The normalized spacial score (nSPS) is 26.4. The molecule has 6 heteroatoms. The van der Waals surface area contributed by atoms with Gasteiger partial charge in [-0.1, -0.05) is 13.3 Å². The number of ether oxygens (including phenoxy) is 3. The SMILES string of the molecule is CCCc1c([C@H]2C[C@H]3C(OC(C)=O)=CO[C@H](C)[C@@H]3CN2)[nH]c2cc(OC)ccc12. The number of esters is 1. The van der Waals surface area contributed by atoms with Gasteiger partial charge >= 0.3 is 5.97 Å². The molecule has 0 spiro atoms.